The van der Waals surface area contributed by atoms with Gasteiger partial charge in [0.05, 0.1) is 15.9 Å². The summed E-state index contributed by atoms with van der Waals surface area (Å²) in [6.07, 6.45) is 1.78. The topological polar surface area (TPSA) is 72.3 Å². The standard InChI is InChI=1S/C24H23N3O3S/c1-17(26(3)31(29,30)22-8-6-7-20(15-22)18(2)28)19-11-13-21(14-12-19)27-16-25-23-9-4-5-10-24(23)27/h4-17H,1-3H3/t17-/m0/s1. The van der Waals surface area contributed by atoms with E-state index in [0.29, 0.717) is 5.56 Å². The quantitative estimate of drug-likeness (QED) is 0.416. The molecule has 0 aliphatic rings. The average Bonchev–Trinajstić information content (AvgIpc) is 3.22. The molecule has 1 aromatic heterocycles. The fourth-order valence-electron chi connectivity index (χ4n) is 3.54. The average molecular weight is 434 g/mol. The Morgan fingerprint density at radius 2 is 1.71 bits per heavy atom. The zero-order chi connectivity index (χ0) is 22.2. The smallest absolute Gasteiger partial charge is 0.243 e. The van der Waals surface area contributed by atoms with E-state index in [2.05, 4.69) is 4.98 Å². The van der Waals surface area contributed by atoms with Gasteiger partial charge in [0.2, 0.25) is 10.0 Å². The van der Waals surface area contributed by atoms with Crippen LogP contribution in [0.25, 0.3) is 16.7 Å². The van der Waals surface area contributed by atoms with Gasteiger partial charge >= 0.3 is 0 Å². The second-order valence-corrected chi connectivity index (χ2v) is 9.47. The molecule has 0 spiro atoms. The second kappa shape index (κ2) is 8.09. The molecule has 0 aliphatic heterocycles. The Morgan fingerprint density at radius 3 is 2.42 bits per heavy atom. The van der Waals surface area contributed by atoms with Gasteiger partial charge in [0, 0.05) is 24.3 Å². The molecule has 158 valence electrons. The summed E-state index contributed by atoms with van der Waals surface area (Å²) in [7, 11) is -2.21. The number of carbonyl (C=O) groups excluding carboxylic acids is 1. The number of nitrogens with zero attached hydrogens (tertiary/aromatic N) is 3. The molecule has 0 unspecified atom stereocenters. The number of imidazole rings is 1. The molecule has 0 amide bonds. The van der Waals surface area contributed by atoms with Crippen molar-refractivity contribution in [2.75, 3.05) is 7.05 Å². The van der Waals surface area contributed by atoms with Crippen molar-refractivity contribution in [1.82, 2.24) is 13.9 Å². The third-order valence-corrected chi connectivity index (χ3v) is 7.49. The van der Waals surface area contributed by atoms with Crippen molar-refractivity contribution in [2.45, 2.75) is 24.8 Å². The Kier molecular flexibility index (Phi) is 5.47. The molecule has 4 rings (SSSR count). The summed E-state index contributed by atoms with van der Waals surface area (Å²) in [5, 5.41) is 0. The van der Waals surface area contributed by atoms with E-state index in [1.165, 1.54) is 23.4 Å². The predicted molar refractivity (Wildman–Crippen MR) is 121 cm³/mol. The Morgan fingerprint density at radius 1 is 1.00 bits per heavy atom. The SMILES string of the molecule is CC(=O)c1cccc(S(=O)(=O)N(C)[C@@H](C)c2ccc(-n3cnc4ccccc43)cc2)c1. The lowest BCUT2D eigenvalue weighted by molar-refractivity contribution is 0.101. The highest BCUT2D eigenvalue weighted by Gasteiger charge is 2.26. The van der Waals surface area contributed by atoms with Gasteiger partial charge in [0.1, 0.15) is 6.33 Å². The molecule has 0 saturated carbocycles. The molecular formula is C24H23N3O3S. The van der Waals surface area contributed by atoms with E-state index in [4.69, 9.17) is 0 Å². The third kappa shape index (κ3) is 3.89. The number of benzene rings is 3. The van der Waals surface area contributed by atoms with Crippen LogP contribution in [0.15, 0.2) is 84.0 Å². The van der Waals surface area contributed by atoms with Gasteiger partial charge in [-0.05, 0) is 55.8 Å². The molecule has 0 aliphatic carbocycles. The molecule has 1 heterocycles. The van der Waals surface area contributed by atoms with Gasteiger partial charge in [-0.25, -0.2) is 13.4 Å². The molecule has 0 N–H and O–H groups in total. The maximum Gasteiger partial charge on any atom is 0.243 e. The Bertz CT molecular complexity index is 1360. The highest BCUT2D eigenvalue weighted by Crippen LogP contribution is 2.27. The summed E-state index contributed by atoms with van der Waals surface area (Å²) < 4.78 is 29.6. The first-order chi connectivity index (χ1) is 14.8. The molecule has 0 saturated heterocycles. The molecule has 31 heavy (non-hydrogen) atoms. The van der Waals surface area contributed by atoms with Gasteiger partial charge in [-0.1, -0.05) is 36.4 Å². The minimum atomic E-state index is -3.76. The Hall–Kier alpha value is -3.29. The fourth-order valence-corrected chi connectivity index (χ4v) is 4.94. The zero-order valence-electron chi connectivity index (χ0n) is 17.6. The predicted octanol–water partition coefficient (Wildman–Crippen LogP) is 4.61. The normalized spacial score (nSPS) is 12.9. The Labute approximate surface area is 181 Å². The van der Waals surface area contributed by atoms with Crippen LogP contribution in [0.1, 0.15) is 35.8 Å². The molecule has 0 bridgehead atoms. The highest BCUT2D eigenvalue weighted by atomic mass is 32.2. The van der Waals surface area contributed by atoms with Crippen molar-refractivity contribution < 1.29 is 13.2 Å². The molecule has 0 fully saturated rings. The van der Waals surface area contributed by atoms with Gasteiger partial charge in [0.25, 0.3) is 0 Å². The number of rotatable bonds is 6. The second-order valence-electron chi connectivity index (χ2n) is 7.48. The largest absolute Gasteiger partial charge is 0.299 e. The first kappa shape index (κ1) is 21.0. The van der Waals surface area contributed by atoms with Crippen molar-refractivity contribution >= 4 is 26.8 Å². The van der Waals surface area contributed by atoms with Crippen LogP contribution in [0.3, 0.4) is 0 Å². The van der Waals surface area contributed by atoms with Crippen LogP contribution in [-0.4, -0.2) is 35.1 Å². The minimum Gasteiger partial charge on any atom is -0.299 e. The molecule has 4 aromatic rings. The van der Waals surface area contributed by atoms with Crippen LogP contribution in [-0.2, 0) is 10.0 Å². The fraction of sp³-hybridized carbons (Fsp3) is 0.167. The van der Waals surface area contributed by atoms with Crippen LogP contribution < -0.4 is 0 Å². The third-order valence-electron chi connectivity index (χ3n) is 5.57. The number of sulfonamides is 1. The summed E-state index contributed by atoms with van der Waals surface area (Å²) in [6.45, 7) is 3.26. The maximum absolute atomic E-state index is 13.1. The summed E-state index contributed by atoms with van der Waals surface area (Å²) in [4.78, 5) is 16.2. The van der Waals surface area contributed by atoms with Crippen molar-refractivity contribution in [3.05, 3.63) is 90.3 Å². The summed E-state index contributed by atoms with van der Waals surface area (Å²) in [5.74, 6) is -0.171. The number of ketones is 1. The first-order valence-corrected chi connectivity index (χ1v) is 11.3. The van der Waals surface area contributed by atoms with Crippen molar-refractivity contribution in [1.29, 1.82) is 0 Å². The lowest BCUT2D eigenvalue weighted by Gasteiger charge is -2.25. The number of carbonyl (C=O) groups is 1. The van der Waals surface area contributed by atoms with E-state index < -0.39 is 10.0 Å². The number of fused-ring (bicyclic) bond motifs is 1. The molecule has 6 nitrogen and oxygen atoms in total. The van der Waals surface area contributed by atoms with Crippen LogP contribution in [0, 0.1) is 0 Å². The van der Waals surface area contributed by atoms with Gasteiger partial charge in [-0.3, -0.25) is 9.36 Å². The van der Waals surface area contributed by atoms with Gasteiger partial charge in [-0.15, -0.1) is 0 Å². The van der Waals surface area contributed by atoms with Gasteiger partial charge in [-0.2, -0.15) is 4.31 Å². The number of para-hydroxylation sites is 2. The van der Waals surface area contributed by atoms with Gasteiger partial charge < -0.3 is 0 Å². The minimum absolute atomic E-state index is 0.107. The van der Waals surface area contributed by atoms with Crippen molar-refractivity contribution in [3.63, 3.8) is 0 Å². The van der Waals surface area contributed by atoms with E-state index >= 15 is 0 Å². The van der Waals surface area contributed by atoms with E-state index in [9.17, 15) is 13.2 Å². The molecule has 7 heteroatoms. The Balaban J connectivity index is 1.61. The van der Waals surface area contributed by atoms with Crippen LogP contribution in [0.2, 0.25) is 0 Å². The highest BCUT2D eigenvalue weighted by molar-refractivity contribution is 7.89. The number of hydrogen-bond donors (Lipinski definition) is 0. The molecule has 0 radical (unpaired) electrons. The summed E-state index contributed by atoms with van der Waals surface area (Å²) in [5.41, 5.74) is 4.11. The monoisotopic (exact) mass is 433 g/mol. The maximum atomic E-state index is 13.1. The van der Waals surface area contributed by atoms with E-state index in [0.717, 1.165) is 22.3 Å². The lowest BCUT2D eigenvalue weighted by Crippen LogP contribution is -2.30. The van der Waals surface area contributed by atoms with E-state index in [1.54, 1.807) is 25.5 Å². The van der Waals surface area contributed by atoms with E-state index in [-0.39, 0.29) is 16.7 Å². The molecule has 1 atom stereocenters. The van der Waals surface area contributed by atoms with Gasteiger partial charge in [0.15, 0.2) is 5.78 Å². The van der Waals surface area contributed by atoms with Crippen LogP contribution >= 0.6 is 0 Å². The first-order valence-electron chi connectivity index (χ1n) is 9.90. The summed E-state index contributed by atoms with van der Waals surface area (Å²) in [6, 6.07) is 21.4. The number of Topliss-reactive ketones (excluding diaryl/α,β-unsaturated/α-hetero) is 1. The lowest BCUT2D eigenvalue weighted by atomic mass is 10.1. The van der Waals surface area contributed by atoms with Crippen molar-refractivity contribution in [2.24, 2.45) is 0 Å². The van der Waals surface area contributed by atoms with Crippen LogP contribution in [0.5, 0.6) is 0 Å². The van der Waals surface area contributed by atoms with Crippen molar-refractivity contribution in [3.8, 4) is 5.69 Å². The number of aromatic nitrogens is 2. The zero-order valence-corrected chi connectivity index (χ0v) is 18.4. The molecular weight excluding hydrogens is 410 g/mol. The van der Waals surface area contributed by atoms with E-state index in [1.807, 2.05) is 60.0 Å². The number of hydrogen-bond acceptors (Lipinski definition) is 4. The summed E-state index contributed by atoms with van der Waals surface area (Å²) >= 11 is 0. The van der Waals surface area contributed by atoms with Crippen LogP contribution in [0.4, 0.5) is 0 Å². The molecule has 3 aromatic carbocycles.